The lowest BCUT2D eigenvalue weighted by Gasteiger charge is -2.12. The third-order valence-corrected chi connectivity index (χ3v) is 0.994. The van der Waals surface area contributed by atoms with Crippen molar-refractivity contribution in [2.45, 2.75) is 26.6 Å². The van der Waals surface area contributed by atoms with Crippen LogP contribution in [-0.4, -0.2) is 25.8 Å². The Bertz CT molecular complexity index is 76.9. The van der Waals surface area contributed by atoms with Crippen molar-refractivity contribution in [3.8, 4) is 0 Å². The molecule has 3 nitrogen and oxygen atoms in total. The molecule has 0 saturated heterocycles. The molecule has 60 valence electrons. The second-order valence-corrected chi connectivity index (χ2v) is 1.74. The van der Waals surface area contributed by atoms with Crippen LogP contribution in [0.25, 0.3) is 0 Å². The zero-order valence-corrected chi connectivity index (χ0v) is 6.50. The van der Waals surface area contributed by atoms with E-state index in [1.54, 1.807) is 0 Å². The minimum atomic E-state index is -0.340. The minimum Gasteiger partial charge on any atom is -0.352 e. The summed E-state index contributed by atoms with van der Waals surface area (Å²) in [6.45, 7) is 4.91. The highest BCUT2D eigenvalue weighted by Crippen LogP contribution is 1.97. The van der Waals surface area contributed by atoms with Crippen LogP contribution in [0.1, 0.15) is 20.3 Å². The molecule has 0 spiro atoms. The average molecular weight is 146 g/mol. The first-order valence-electron chi connectivity index (χ1n) is 3.52. The Morgan fingerprint density at radius 3 is 2.10 bits per heavy atom. The van der Waals surface area contributed by atoms with Gasteiger partial charge in [-0.2, -0.15) is 0 Å². The Morgan fingerprint density at radius 2 is 1.80 bits per heavy atom. The molecule has 0 N–H and O–H groups in total. The van der Waals surface area contributed by atoms with Crippen molar-refractivity contribution in [2.24, 2.45) is 0 Å². The average Bonchev–Trinajstić information content (AvgIpc) is 1.90. The lowest BCUT2D eigenvalue weighted by atomic mass is 10.4. The summed E-state index contributed by atoms with van der Waals surface area (Å²) < 4.78 is 10.1. The summed E-state index contributed by atoms with van der Waals surface area (Å²) in [5.74, 6) is 0. The smallest absolute Gasteiger partial charge is 0.164 e. The zero-order valence-electron chi connectivity index (χ0n) is 6.50. The lowest BCUT2D eigenvalue weighted by molar-refractivity contribution is -0.145. The Hall–Kier alpha value is -0.410. The second-order valence-electron chi connectivity index (χ2n) is 1.74. The molecule has 0 atom stereocenters. The largest absolute Gasteiger partial charge is 0.352 e. The number of hydrogen-bond acceptors (Lipinski definition) is 3. The molecular weight excluding hydrogens is 132 g/mol. The number of aldehydes is 1. The van der Waals surface area contributed by atoms with Gasteiger partial charge in [0, 0.05) is 13.2 Å². The van der Waals surface area contributed by atoms with Gasteiger partial charge in [-0.05, 0) is 13.8 Å². The quantitative estimate of drug-likeness (QED) is 0.414. The van der Waals surface area contributed by atoms with Gasteiger partial charge in [-0.1, -0.05) is 0 Å². The van der Waals surface area contributed by atoms with Gasteiger partial charge in [0.15, 0.2) is 6.29 Å². The summed E-state index contributed by atoms with van der Waals surface area (Å²) in [6.07, 6.45) is 0.782. The first kappa shape index (κ1) is 9.59. The van der Waals surface area contributed by atoms with Crippen molar-refractivity contribution in [1.29, 1.82) is 0 Å². The fraction of sp³-hybridized carbons (Fsp3) is 0.857. The van der Waals surface area contributed by atoms with E-state index in [0.717, 1.165) is 6.29 Å². The molecule has 0 heterocycles. The van der Waals surface area contributed by atoms with Crippen molar-refractivity contribution >= 4 is 6.29 Å². The monoisotopic (exact) mass is 146 g/mol. The van der Waals surface area contributed by atoms with Crippen molar-refractivity contribution in [3.63, 3.8) is 0 Å². The van der Waals surface area contributed by atoms with Gasteiger partial charge in [0.2, 0.25) is 0 Å². The van der Waals surface area contributed by atoms with Gasteiger partial charge >= 0.3 is 0 Å². The highest BCUT2D eigenvalue weighted by Gasteiger charge is 2.04. The molecule has 0 aliphatic carbocycles. The fourth-order valence-electron chi connectivity index (χ4n) is 0.635. The van der Waals surface area contributed by atoms with Crippen LogP contribution >= 0.6 is 0 Å². The first-order chi connectivity index (χ1) is 4.85. The van der Waals surface area contributed by atoms with Crippen LogP contribution in [0.3, 0.4) is 0 Å². The van der Waals surface area contributed by atoms with Gasteiger partial charge in [0.25, 0.3) is 0 Å². The number of hydrogen-bond donors (Lipinski definition) is 0. The third kappa shape index (κ3) is 4.47. The molecular formula is C7H14O3. The van der Waals surface area contributed by atoms with Crippen LogP contribution in [0.5, 0.6) is 0 Å². The Morgan fingerprint density at radius 1 is 1.30 bits per heavy atom. The van der Waals surface area contributed by atoms with Crippen molar-refractivity contribution < 1.29 is 14.3 Å². The van der Waals surface area contributed by atoms with E-state index >= 15 is 0 Å². The Kier molecular flexibility index (Phi) is 6.43. The molecule has 3 heteroatoms. The highest BCUT2D eigenvalue weighted by molar-refractivity contribution is 5.49. The van der Waals surface area contributed by atoms with Crippen LogP contribution in [0.4, 0.5) is 0 Å². The minimum absolute atomic E-state index is 0.321. The van der Waals surface area contributed by atoms with E-state index in [1.807, 2.05) is 13.8 Å². The Balaban J connectivity index is 3.38. The second kappa shape index (κ2) is 6.71. The van der Waals surface area contributed by atoms with Crippen LogP contribution in [0.15, 0.2) is 0 Å². The molecule has 0 aromatic heterocycles. The van der Waals surface area contributed by atoms with E-state index in [4.69, 9.17) is 9.47 Å². The van der Waals surface area contributed by atoms with Gasteiger partial charge in [0.05, 0.1) is 6.42 Å². The summed E-state index contributed by atoms with van der Waals surface area (Å²) in [6, 6.07) is 0. The lowest BCUT2D eigenvalue weighted by Crippen LogP contribution is -2.17. The predicted octanol–water partition coefficient (Wildman–Crippen LogP) is 0.975. The summed E-state index contributed by atoms with van der Waals surface area (Å²) in [5, 5.41) is 0. The van der Waals surface area contributed by atoms with E-state index in [9.17, 15) is 4.79 Å². The number of rotatable bonds is 6. The summed E-state index contributed by atoms with van der Waals surface area (Å²) in [7, 11) is 0. The molecule has 0 aliphatic heterocycles. The van der Waals surface area contributed by atoms with Gasteiger partial charge in [0.1, 0.15) is 6.29 Å². The number of carbonyl (C=O) groups excluding carboxylic acids is 1. The first-order valence-corrected chi connectivity index (χ1v) is 3.52. The van der Waals surface area contributed by atoms with Crippen LogP contribution in [0, 0.1) is 0 Å². The van der Waals surface area contributed by atoms with Crippen molar-refractivity contribution in [2.75, 3.05) is 13.2 Å². The molecule has 0 radical (unpaired) electrons. The van der Waals surface area contributed by atoms with E-state index in [0.29, 0.717) is 19.6 Å². The van der Waals surface area contributed by atoms with Crippen LogP contribution in [0.2, 0.25) is 0 Å². The number of ether oxygens (including phenoxy) is 2. The van der Waals surface area contributed by atoms with E-state index in [1.165, 1.54) is 0 Å². The third-order valence-electron chi connectivity index (χ3n) is 0.994. The molecule has 0 aliphatic rings. The van der Waals surface area contributed by atoms with Crippen LogP contribution in [-0.2, 0) is 14.3 Å². The summed E-state index contributed by atoms with van der Waals surface area (Å²) >= 11 is 0. The van der Waals surface area contributed by atoms with Gasteiger partial charge in [-0.3, -0.25) is 0 Å². The standard InChI is InChI=1S/C7H14O3/c1-3-9-7(5-6-8)10-4-2/h6-7H,3-5H2,1-2H3. The molecule has 0 amide bonds. The van der Waals surface area contributed by atoms with Crippen LogP contribution < -0.4 is 0 Å². The predicted molar refractivity (Wildman–Crippen MR) is 37.7 cm³/mol. The normalized spacial score (nSPS) is 10.3. The number of carbonyl (C=O) groups is 1. The molecule has 0 fully saturated rings. The molecule has 0 aromatic carbocycles. The maximum absolute atomic E-state index is 10.0. The molecule has 10 heavy (non-hydrogen) atoms. The molecule has 0 bridgehead atoms. The van der Waals surface area contributed by atoms with E-state index < -0.39 is 0 Å². The molecule has 0 saturated carbocycles. The fourth-order valence-corrected chi connectivity index (χ4v) is 0.635. The summed E-state index contributed by atoms with van der Waals surface area (Å²) in [5.41, 5.74) is 0. The molecule has 0 rings (SSSR count). The maximum atomic E-state index is 10.0. The zero-order chi connectivity index (χ0) is 7.82. The van der Waals surface area contributed by atoms with Gasteiger partial charge in [-0.15, -0.1) is 0 Å². The topological polar surface area (TPSA) is 35.5 Å². The SMILES string of the molecule is CCOC(CC=O)OCC. The molecule has 0 unspecified atom stereocenters. The maximum Gasteiger partial charge on any atom is 0.164 e. The van der Waals surface area contributed by atoms with E-state index in [2.05, 4.69) is 0 Å². The van der Waals surface area contributed by atoms with Gasteiger partial charge in [-0.25, -0.2) is 0 Å². The Labute approximate surface area is 61.3 Å². The van der Waals surface area contributed by atoms with E-state index in [-0.39, 0.29) is 6.29 Å². The molecule has 0 aromatic rings. The van der Waals surface area contributed by atoms with Crippen molar-refractivity contribution in [3.05, 3.63) is 0 Å². The summed E-state index contributed by atoms with van der Waals surface area (Å²) in [4.78, 5) is 10.0. The van der Waals surface area contributed by atoms with Gasteiger partial charge < -0.3 is 14.3 Å². The van der Waals surface area contributed by atoms with Crippen molar-refractivity contribution in [1.82, 2.24) is 0 Å². The highest BCUT2D eigenvalue weighted by atomic mass is 16.7.